The molecule has 0 fully saturated rings. The van der Waals surface area contributed by atoms with Crippen LogP contribution in [0.4, 0.5) is 24.0 Å². The third-order valence-electron chi connectivity index (χ3n) is 3.75. The smallest absolute Gasteiger partial charge is 0.420 e. The quantitative estimate of drug-likeness (QED) is 0.489. The fourth-order valence-corrected chi connectivity index (χ4v) is 3.12. The van der Waals surface area contributed by atoms with Gasteiger partial charge in [0.05, 0.1) is 17.9 Å². The third-order valence-corrected chi connectivity index (χ3v) is 4.51. The number of pyridine rings is 1. The van der Waals surface area contributed by atoms with Gasteiger partial charge in [-0.15, -0.1) is 11.3 Å². The van der Waals surface area contributed by atoms with Crippen molar-refractivity contribution in [3.8, 4) is 17.0 Å². The summed E-state index contributed by atoms with van der Waals surface area (Å²) >= 11 is 1.31. The van der Waals surface area contributed by atoms with E-state index >= 15 is 0 Å². The molecule has 0 aliphatic carbocycles. The monoisotopic (exact) mass is 393 g/mol. The maximum atomic E-state index is 13.4. The van der Waals surface area contributed by atoms with Crippen molar-refractivity contribution in [3.05, 3.63) is 53.7 Å². The number of alkyl halides is 3. The topological polar surface area (TPSA) is 47.0 Å². The number of hydrogen-bond donors (Lipinski definition) is 1. The molecule has 0 unspecified atom stereocenters. The first kappa shape index (κ1) is 19.2. The van der Waals surface area contributed by atoms with E-state index < -0.39 is 11.7 Å². The van der Waals surface area contributed by atoms with Gasteiger partial charge in [-0.05, 0) is 36.8 Å². The molecule has 3 rings (SSSR count). The average Bonchev–Trinajstić information content (AvgIpc) is 3.11. The van der Waals surface area contributed by atoms with Gasteiger partial charge in [0.2, 0.25) is 0 Å². The van der Waals surface area contributed by atoms with Crippen molar-refractivity contribution in [2.24, 2.45) is 0 Å². The summed E-state index contributed by atoms with van der Waals surface area (Å²) in [5, 5.41) is 5.26. The van der Waals surface area contributed by atoms with E-state index in [4.69, 9.17) is 4.74 Å². The fraction of sp³-hybridized carbons (Fsp3) is 0.263. The molecule has 142 valence electrons. The number of anilines is 2. The van der Waals surface area contributed by atoms with Gasteiger partial charge in [-0.1, -0.05) is 13.3 Å². The van der Waals surface area contributed by atoms with Crippen molar-refractivity contribution < 1.29 is 17.9 Å². The Labute approximate surface area is 159 Å². The number of halogens is 3. The molecule has 4 nitrogen and oxygen atoms in total. The second-order valence-corrected chi connectivity index (χ2v) is 6.67. The van der Waals surface area contributed by atoms with Crippen molar-refractivity contribution >= 4 is 22.2 Å². The molecule has 2 heterocycles. The zero-order valence-corrected chi connectivity index (χ0v) is 15.4. The highest BCUT2D eigenvalue weighted by Gasteiger charge is 2.34. The number of aromatic nitrogens is 2. The van der Waals surface area contributed by atoms with Gasteiger partial charge in [0.15, 0.2) is 5.13 Å². The molecule has 8 heteroatoms. The van der Waals surface area contributed by atoms with Crippen molar-refractivity contribution in [1.29, 1.82) is 0 Å². The zero-order valence-electron chi connectivity index (χ0n) is 14.6. The molecule has 0 aliphatic rings. The predicted molar refractivity (Wildman–Crippen MR) is 100 cm³/mol. The number of rotatable bonds is 7. The van der Waals surface area contributed by atoms with Crippen LogP contribution in [0.5, 0.6) is 5.75 Å². The standard InChI is InChI=1S/C19H18F3N3OS/c1-2-3-9-26-17-7-6-14(10-15(17)19(20,21)22)24-18-25-16(12-27-18)13-5-4-8-23-11-13/h4-8,10-12H,2-3,9H2,1H3,(H,24,25). The van der Waals surface area contributed by atoms with E-state index in [0.717, 1.165) is 18.1 Å². The van der Waals surface area contributed by atoms with Gasteiger partial charge in [0.1, 0.15) is 5.75 Å². The highest BCUT2D eigenvalue weighted by atomic mass is 32.1. The van der Waals surface area contributed by atoms with Crippen molar-refractivity contribution in [2.45, 2.75) is 25.9 Å². The molecule has 0 spiro atoms. The molecule has 1 N–H and O–H groups in total. The number of ether oxygens (including phenoxy) is 1. The summed E-state index contributed by atoms with van der Waals surface area (Å²) < 4.78 is 45.4. The predicted octanol–water partition coefficient (Wildman–Crippen LogP) is 6.15. The molecule has 0 aliphatic heterocycles. The minimum atomic E-state index is -4.50. The maximum Gasteiger partial charge on any atom is 0.420 e. The van der Waals surface area contributed by atoms with E-state index in [2.05, 4.69) is 15.3 Å². The van der Waals surface area contributed by atoms with Crippen LogP contribution in [0, 0.1) is 0 Å². The second kappa shape index (κ2) is 8.39. The van der Waals surface area contributed by atoms with Crippen LogP contribution >= 0.6 is 11.3 Å². The summed E-state index contributed by atoms with van der Waals surface area (Å²) in [7, 11) is 0. The Kier molecular flexibility index (Phi) is 5.95. The first-order chi connectivity index (χ1) is 13.0. The van der Waals surface area contributed by atoms with Crippen LogP contribution < -0.4 is 10.1 Å². The molecule has 3 aromatic rings. The van der Waals surface area contributed by atoms with E-state index in [1.165, 1.54) is 17.4 Å². The SMILES string of the molecule is CCCCOc1ccc(Nc2nc(-c3cccnc3)cs2)cc1C(F)(F)F. The summed E-state index contributed by atoms with van der Waals surface area (Å²) in [6.45, 7) is 2.21. The largest absolute Gasteiger partial charge is 0.493 e. The lowest BCUT2D eigenvalue weighted by molar-refractivity contribution is -0.138. The number of unbranched alkanes of at least 4 members (excludes halogenated alkanes) is 1. The summed E-state index contributed by atoms with van der Waals surface area (Å²) in [6, 6.07) is 7.62. The number of hydrogen-bond acceptors (Lipinski definition) is 5. The molecular formula is C19H18F3N3OS. The highest BCUT2D eigenvalue weighted by Crippen LogP contribution is 2.39. The molecule has 27 heavy (non-hydrogen) atoms. The number of benzene rings is 1. The number of thiazole rings is 1. The Balaban J connectivity index is 1.80. The lowest BCUT2D eigenvalue weighted by Crippen LogP contribution is -2.10. The summed E-state index contributed by atoms with van der Waals surface area (Å²) in [6.07, 6.45) is 0.404. The van der Waals surface area contributed by atoms with E-state index in [9.17, 15) is 13.2 Å². The van der Waals surface area contributed by atoms with Gasteiger partial charge in [-0.3, -0.25) is 4.98 Å². The molecule has 0 amide bonds. The first-order valence-corrected chi connectivity index (χ1v) is 9.32. The maximum absolute atomic E-state index is 13.4. The van der Waals surface area contributed by atoms with Crippen LogP contribution in [0.1, 0.15) is 25.3 Å². The van der Waals surface area contributed by atoms with Gasteiger partial charge < -0.3 is 10.1 Å². The Morgan fingerprint density at radius 1 is 1.22 bits per heavy atom. The normalized spacial score (nSPS) is 11.4. The van der Waals surface area contributed by atoms with Gasteiger partial charge >= 0.3 is 6.18 Å². The molecular weight excluding hydrogens is 375 g/mol. The third kappa shape index (κ3) is 4.97. The van der Waals surface area contributed by atoms with Crippen LogP contribution in [0.15, 0.2) is 48.1 Å². The van der Waals surface area contributed by atoms with Crippen molar-refractivity contribution in [1.82, 2.24) is 9.97 Å². The Hall–Kier alpha value is -2.61. The molecule has 0 saturated heterocycles. The van der Waals surface area contributed by atoms with Gasteiger partial charge in [-0.25, -0.2) is 4.98 Å². The number of nitrogens with zero attached hydrogens (tertiary/aromatic N) is 2. The summed E-state index contributed by atoms with van der Waals surface area (Å²) in [5.41, 5.74) is 1.06. The van der Waals surface area contributed by atoms with Crippen LogP contribution in [-0.4, -0.2) is 16.6 Å². The Bertz CT molecular complexity index is 881. The molecule has 0 bridgehead atoms. The second-order valence-electron chi connectivity index (χ2n) is 5.82. The van der Waals surface area contributed by atoms with Crippen LogP contribution in [-0.2, 0) is 6.18 Å². The Morgan fingerprint density at radius 2 is 2.07 bits per heavy atom. The van der Waals surface area contributed by atoms with Crippen LogP contribution in [0.25, 0.3) is 11.3 Å². The van der Waals surface area contributed by atoms with Gasteiger partial charge in [0, 0.05) is 29.0 Å². The average molecular weight is 393 g/mol. The highest BCUT2D eigenvalue weighted by molar-refractivity contribution is 7.14. The Morgan fingerprint density at radius 3 is 2.78 bits per heavy atom. The van der Waals surface area contributed by atoms with Crippen LogP contribution in [0.2, 0.25) is 0 Å². The van der Waals surface area contributed by atoms with Crippen LogP contribution in [0.3, 0.4) is 0 Å². The summed E-state index contributed by atoms with van der Waals surface area (Å²) in [4.78, 5) is 8.44. The minimum Gasteiger partial charge on any atom is -0.493 e. The lowest BCUT2D eigenvalue weighted by Gasteiger charge is -2.15. The molecule has 1 aromatic carbocycles. The van der Waals surface area contributed by atoms with Crippen molar-refractivity contribution in [3.63, 3.8) is 0 Å². The van der Waals surface area contributed by atoms with E-state index in [-0.39, 0.29) is 12.4 Å². The van der Waals surface area contributed by atoms with Crippen molar-refractivity contribution in [2.75, 3.05) is 11.9 Å². The van der Waals surface area contributed by atoms with Gasteiger partial charge in [-0.2, -0.15) is 13.2 Å². The minimum absolute atomic E-state index is 0.156. The van der Waals surface area contributed by atoms with E-state index in [0.29, 0.717) is 22.9 Å². The lowest BCUT2D eigenvalue weighted by atomic mass is 10.1. The first-order valence-electron chi connectivity index (χ1n) is 8.44. The fourth-order valence-electron chi connectivity index (χ4n) is 2.38. The molecule has 2 aromatic heterocycles. The molecule has 0 saturated carbocycles. The zero-order chi connectivity index (χ0) is 19.3. The van der Waals surface area contributed by atoms with E-state index in [1.54, 1.807) is 24.5 Å². The molecule has 0 radical (unpaired) electrons. The molecule has 0 atom stereocenters. The van der Waals surface area contributed by atoms with Gasteiger partial charge in [0.25, 0.3) is 0 Å². The van der Waals surface area contributed by atoms with E-state index in [1.807, 2.05) is 18.4 Å². The number of nitrogens with one attached hydrogen (secondary N) is 1. The summed E-state index contributed by atoms with van der Waals surface area (Å²) in [5.74, 6) is -0.156.